The number of benzene rings is 1. The third kappa shape index (κ3) is 4.13. The number of thioether (sulfide) groups is 1. The molecule has 0 unspecified atom stereocenters. The van der Waals surface area contributed by atoms with Crippen LogP contribution >= 0.6 is 34.4 Å². The number of aromatic nitrogens is 3. The van der Waals surface area contributed by atoms with Crippen LogP contribution in [0.4, 0.5) is 5.69 Å². The van der Waals surface area contributed by atoms with Crippen molar-refractivity contribution in [1.82, 2.24) is 14.9 Å². The summed E-state index contributed by atoms with van der Waals surface area (Å²) < 4.78 is 2.44. The summed E-state index contributed by atoms with van der Waals surface area (Å²) in [6.45, 7) is 6.04. The first-order valence-corrected chi connectivity index (χ1v) is 8.73. The Kier molecular flexibility index (Phi) is 5.32. The lowest BCUT2D eigenvalue weighted by atomic mass is 9.96. The molecule has 0 aliphatic heterocycles. The Morgan fingerprint density at radius 3 is 2.64 bits per heavy atom. The van der Waals surface area contributed by atoms with Crippen molar-refractivity contribution in [2.24, 2.45) is 0 Å². The van der Waals surface area contributed by atoms with E-state index in [9.17, 15) is 4.79 Å². The highest BCUT2D eigenvalue weighted by atomic mass is 127. The van der Waals surface area contributed by atoms with Crippen molar-refractivity contribution in [1.29, 1.82) is 0 Å². The second kappa shape index (κ2) is 6.86. The topological polar surface area (TPSA) is 85.8 Å². The molecule has 0 aliphatic carbocycles. The molecule has 0 saturated heterocycles. The van der Waals surface area contributed by atoms with Gasteiger partial charge in [0, 0.05) is 8.99 Å². The Balaban J connectivity index is 1.98. The van der Waals surface area contributed by atoms with Gasteiger partial charge in [-0.3, -0.25) is 4.79 Å². The van der Waals surface area contributed by atoms with Gasteiger partial charge in [0.05, 0.1) is 11.4 Å². The normalized spacial score (nSPS) is 11.5. The van der Waals surface area contributed by atoms with Gasteiger partial charge in [0.2, 0.25) is 11.1 Å². The van der Waals surface area contributed by atoms with E-state index in [1.165, 1.54) is 16.4 Å². The van der Waals surface area contributed by atoms with Gasteiger partial charge in [0.1, 0.15) is 0 Å². The second-order valence-electron chi connectivity index (χ2n) is 5.74. The molecule has 0 fully saturated rings. The fourth-order valence-electron chi connectivity index (χ4n) is 1.77. The maximum Gasteiger partial charge on any atom is 0.234 e. The predicted octanol–water partition coefficient (Wildman–Crippen LogP) is 2.62. The lowest BCUT2D eigenvalue weighted by Gasteiger charge is -2.16. The van der Waals surface area contributed by atoms with Crippen molar-refractivity contribution in [2.45, 2.75) is 31.3 Å². The molecule has 118 valence electrons. The molecule has 0 spiro atoms. The number of nitrogens with zero attached hydrogens (tertiary/aromatic N) is 3. The Morgan fingerprint density at radius 2 is 2.05 bits per heavy atom. The highest BCUT2D eigenvalue weighted by molar-refractivity contribution is 14.1. The molecule has 0 bridgehead atoms. The molecule has 1 amide bonds. The molecule has 0 saturated carbocycles. The number of hydrogen-bond donors (Lipinski definition) is 2. The van der Waals surface area contributed by atoms with Crippen molar-refractivity contribution < 1.29 is 4.79 Å². The summed E-state index contributed by atoms with van der Waals surface area (Å²) in [6, 6.07) is 7.62. The van der Waals surface area contributed by atoms with E-state index in [2.05, 4.69) is 38.1 Å². The van der Waals surface area contributed by atoms with Crippen molar-refractivity contribution in [3.8, 4) is 0 Å². The maximum absolute atomic E-state index is 12.0. The molecule has 0 aliphatic rings. The number of anilines is 1. The second-order valence-corrected chi connectivity index (χ2v) is 7.85. The van der Waals surface area contributed by atoms with E-state index in [1.807, 2.05) is 45.0 Å². The first-order chi connectivity index (χ1) is 10.3. The Hall–Kier alpha value is -1.29. The van der Waals surface area contributed by atoms with Crippen LogP contribution in [0.25, 0.3) is 0 Å². The van der Waals surface area contributed by atoms with E-state index in [1.54, 1.807) is 0 Å². The van der Waals surface area contributed by atoms with Gasteiger partial charge in [0.25, 0.3) is 0 Å². The molecule has 2 rings (SSSR count). The van der Waals surface area contributed by atoms with Crippen LogP contribution in [0.5, 0.6) is 0 Å². The number of nitrogen functional groups attached to an aromatic ring is 1. The minimum absolute atomic E-state index is 0.102. The molecule has 0 atom stereocenters. The number of rotatable bonds is 4. The van der Waals surface area contributed by atoms with Crippen LogP contribution < -0.4 is 11.2 Å². The van der Waals surface area contributed by atoms with E-state index >= 15 is 0 Å². The standard InChI is InChI=1S/C14H18IN5OS/c1-14(2,3)12-18-19-13(20(12)16)22-8-11(21)17-10-7-5-4-6-9(10)15/h4-7H,8,16H2,1-3H3,(H,17,21). The van der Waals surface area contributed by atoms with Gasteiger partial charge in [-0.05, 0) is 34.7 Å². The monoisotopic (exact) mass is 431 g/mol. The Morgan fingerprint density at radius 1 is 1.36 bits per heavy atom. The van der Waals surface area contributed by atoms with Gasteiger partial charge in [-0.1, -0.05) is 44.7 Å². The van der Waals surface area contributed by atoms with Gasteiger partial charge < -0.3 is 11.2 Å². The van der Waals surface area contributed by atoms with Crippen LogP contribution in [0.3, 0.4) is 0 Å². The molecular formula is C14H18IN5OS. The van der Waals surface area contributed by atoms with Crippen molar-refractivity contribution in [3.63, 3.8) is 0 Å². The minimum Gasteiger partial charge on any atom is -0.336 e. The third-order valence-electron chi connectivity index (χ3n) is 2.82. The lowest BCUT2D eigenvalue weighted by molar-refractivity contribution is -0.113. The molecule has 1 aromatic heterocycles. The van der Waals surface area contributed by atoms with Crippen LogP contribution in [-0.2, 0) is 10.2 Å². The molecule has 3 N–H and O–H groups in total. The van der Waals surface area contributed by atoms with Crippen molar-refractivity contribution >= 4 is 45.9 Å². The first kappa shape index (κ1) is 17.1. The molecular weight excluding hydrogens is 413 g/mol. The number of hydrogen-bond acceptors (Lipinski definition) is 5. The molecule has 0 radical (unpaired) electrons. The van der Waals surface area contributed by atoms with Gasteiger partial charge >= 0.3 is 0 Å². The van der Waals surface area contributed by atoms with Crippen molar-refractivity contribution in [2.75, 3.05) is 16.9 Å². The van der Waals surface area contributed by atoms with Gasteiger partial charge in [-0.2, -0.15) is 0 Å². The SMILES string of the molecule is CC(C)(C)c1nnc(SCC(=O)Nc2ccccc2I)n1N. The summed E-state index contributed by atoms with van der Waals surface area (Å²) in [7, 11) is 0. The molecule has 6 nitrogen and oxygen atoms in total. The molecule has 8 heteroatoms. The summed E-state index contributed by atoms with van der Waals surface area (Å²) in [5, 5.41) is 11.5. The molecule has 1 heterocycles. The van der Waals surface area contributed by atoms with E-state index in [0.717, 1.165) is 9.26 Å². The number of para-hydroxylation sites is 1. The molecule has 1 aromatic carbocycles. The fraction of sp³-hybridized carbons (Fsp3) is 0.357. The number of halogens is 1. The summed E-state index contributed by atoms with van der Waals surface area (Å²) >= 11 is 3.45. The van der Waals surface area contributed by atoms with E-state index < -0.39 is 0 Å². The maximum atomic E-state index is 12.0. The quantitative estimate of drug-likeness (QED) is 0.442. The van der Waals surface area contributed by atoms with Crippen molar-refractivity contribution in [3.05, 3.63) is 33.7 Å². The van der Waals surface area contributed by atoms with E-state index in [-0.39, 0.29) is 17.1 Å². The van der Waals surface area contributed by atoms with Crippen LogP contribution in [0.15, 0.2) is 29.4 Å². The van der Waals surface area contributed by atoms with Gasteiger partial charge in [-0.15, -0.1) is 10.2 Å². The Bertz CT molecular complexity index is 680. The van der Waals surface area contributed by atoms with Crippen LogP contribution in [0, 0.1) is 3.57 Å². The van der Waals surface area contributed by atoms with E-state index in [0.29, 0.717) is 11.0 Å². The summed E-state index contributed by atoms with van der Waals surface area (Å²) in [5.74, 6) is 6.80. The predicted molar refractivity (Wildman–Crippen MR) is 97.4 cm³/mol. The summed E-state index contributed by atoms with van der Waals surface area (Å²) in [4.78, 5) is 12.0. The highest BCUT2D eigenvalue weighted by Crippen LogP contribution is 2.23. The number of amides is 1. The van der Waals surface area contributed by atoms with E-state index in [4.69, 9.17) is 5.84 Å². The molecule has 2 aromatic rings. The lowest BCUT2D eigenvalue weighted by Crippen LogP contribution is -2.24. The number of carbonyl (C=O) groups is 1. The first-order valence-electron chi connectivity index (χ1n) is 6.67. The highest BCUT2D eigenvalue weighted by Gasteiger charge is 2.23. The third-order valence-corrected chi connectivity index (χ3v) is 4.70. The van der Waals surface area contributed by atoms with Crippen LogP contribution in [0.1, 0.15) is 26.6 Å². The largest absolute Gasteiger partial charge is 0.336 e. The number of nitrogens with two attached hydrogens (primary N) is 1. The zero-order valence-corrected chi connectivity index (χ0v) is 15.6. The van der Waals surface area contributed by atoms with Gasteiger partial charge in [0.15, 0.2) is 5.82 Å². The summed E-state index contributed by atoms with van der Waals surface area (Å²) in [5.41, 5.74) is 0.612. The zero-order valence-electron chi connectivity index (χ0n) is 12.6. The zero-order chi connectivity index (χ0) is 16.3. The molecule has 22 heavy (non-hydrogen) atoms. The average Bonchev–Trinajstić information content (AvgIpc) is 2.80. The smallest absolute Gasteiger partial charge is 0.234 e. The number of nitrogens with one attached hydrogen (secondary N) is 1. The minimum atomic E-state index is -0.191. The fourth-order valence-corrected chi connectivity index (χ4v) is 2.94. The summed E-state index contributed by atoms with van der Waals surface area (Å²) in [6.07, 6.45) is 0. The van der Waals surface area contributed by atoms with Crippen LogP contribution in [0.2, 0.25) is 0 Å². The number of carbonyl (C=O) groups excluding carboxylic acids is 1. The van der Waals surface area contributed by atoms with Gasteiger partial charge in [-0.25, -0.2) is 4.68 Å². The van der Waals surface area contributed by atoms with Crippen LogP contribution in [-0.4, -0.2) is 26.5 Å². The Labute approximate surface area is 147 Å². The average molecular weight is 431 g/mol.